The van der Waals surface area contributed by atoms with Gasteiger partial charge in [0.05, 0.1) is 0 Å². The fraction of sp³-hybridized carbons (Fsp3) is 0.429. The number of aliphatic carboxylic acids is 1. The second kappa shape index (κ2) is 7.21. The third-order valence-electron chi connectivity index (χ3n) is 3.34. The minimum absolute atomic E-state index is 0.238. The molecule has 2 rings (SSSR count). The van der Waals surface area contributed by atoms with Crippen LogP contribution in [0.25, 0.3) is 0 Å². The summed E-state index contributed by atoms with van der Waals surface area (Å²) in [6, 6.07) is 7.79. The second-order valence-electron chi connectivity index (χ2n) is 4.87. The van der Waals surface area contributed by atoms with Crippen LogP contribution in [-0.4, -0.2) is 56.9 Å². The Morgan fingerprint density at radius 1 is 1.24 bits per heavy atom. The van der Waals surface area contributed by atoms with Gasteiger partial charge in [0.15, 0.2) is 0 Å². The largest absolute Gasteiger partial charge is 0.480 e. The van der Waals surface area contributed by atoms with Crippen molar-refractivity contribution in [3.8, 4) is 0 Å². The molecule has 1 fully saturated rings. The van der Waals surface area contributed by atoms with Gasteiger partial charge in [0, 0.05) is 41.8 Å². The fourth-order valence-corrected chi connectivity index (χ4v) is 3.18. The highest BCUT2D eigenvalue weighted by molar-refractivity contribution is 7.85. The number of nitrogens with one attached hydrogen (secondary N) is 1. The highest BCUT2D eigenvalue weighted by Crippen LogP contribution is 2.06. The molecule has 1 aliphatic heterocycles. The molecule has 1 aromatic carbocycles. The van der Waals surface area contributed by atoms with E-state index < -0.39 is 28.8 Å². The first kappa shape index (κ1) is 15.5. The van der Waals surface area contributed by atoms with E-state index >= 15 is 0 Å². The molecule has 2 N–H and O–H groups in total. The summed E-state index contributed by atoms with van der Waals surface area (Å²) in [6.07, 6.45) is 0.238. The smallest absolute Gasteiger partial charge is 0.326 e. The van der Waals surface area contributed by atoms with Crippen molar-refractivity contribution in [2.75, 3.05) is 24.6 Å². The summed E-state index contributed by atoms with van der Waals surface area (Å²) >= 11 is 0. The number of carboxylic acids is 1. The number of nitrogens with zero attached hydrogens (tertiary/aromatic N) is 1. The van der Waals surface area contributed by atoms with Gasteiger partial charge in [-0.25, -0.2) is 9.59 Å². The van der Waals surface area contributed by atoms with Crippen LogP contribution in [0.1, 0.15) is 5.56 Å². The van der Waals surface area contributed by atoms with Crippen LogP contribution in [-0.2, 0) is 22.0 Å². The van der Waals surface area contributed by atoms with Gasteiger partial charge >= 0.3 is 12.0 Å². The second-order valence-corrected chi connectivity index (χ2v) is 6.56. The molecule has 1 aliphatic rings. The van der Waals surface area contributed by atoms with Gasteiger partial charge in [0.1, 0.15) is 6.04 Å². The van der Waals surface area contributed by atoms with Crippen molar-refractivity contribution < 1.29 is 18.9 Å². The summed E-state index contributed by atoms with van der Waals surface area (Å²) in [5.74, 6) is -0.166. The Labute approximate surface area is 125 Å². The van der Waals surface area contributed by atoms with Crippen LogP contribution in [0.2, 0.25) is 0 Å². The summed E-state index contributed by atoms with van der Waals surface area (Å²) in [6.45, 7) is 0.798. The number of benzene rings is 1. The third-order valence-corrected chi connectivity index (χ3v) is 4.62. The van der Waals surface area contributed by atoms with Crippen LogP contribution < -0.4 is 5.32 Å². The van der Waals surface area contributed by atoms with Crippen molar-refractivity contribution in [3.63, 3.8) is 0 Å². The lowest BCUT2D eigenvalue weighted by Crippen LogP contribution is -2.52. The zero-order valence-electron chi connectivity index (χ0n) is 11.5. The highest BCUT2D eigenvalue weighted by Gasteiger charge is 2.25. The zero-order chi connectivity index (χ0) is 15.2. The molecule has 0 radical (unpaired) electrons. The first-order valence-electron chi connectivity index (χ1n) is 6.73. The summed E-state index contributed by atoms with van der Waals surface area (Å²) in [5, 5.41) is 11.8. The number of amides is 2. The van der Waals surface area contributed by atoms with Crippen LogP contribution in [0, 0.1) is 0 Å². The van der Waals surface area contributed by atoms with Gasteiger partial charge in [-0.2, -0.15) is 0 Å². The standard InChI is InChI=1S/C14H18N2O4S/c17-13(18)12(10-11-4-2-1-3-5-11)15-14(19)16-6-8-21(20)9-7-16/h1-5,12H,6-10H2,(H,15,19)(H,17,18). The van der Waals surface area contributed by atoms with Crippen molar-refractivity contribution >= 4 is 22.8 Å². The van der Waals surface area contributed by atoms with E-state index in [0.29, 0.717) is 24.6 Å². The lowest BCUT2D eigenvalue weighted by atomic mass is 10.1. The van der Waals surface area contributed by atoms with E-state index in [4.69, 9.17) is 0 Å². The van der Waals surface area contributed by atoms with Gasteiger partial charge in [-0.1, -0.05) is 30.3 Å². The summed E-state index contributed by atoms with van der Waals surface area (Å²) in [5.41, 5.74) is 0.852. The molecule has 0 aromatic heterocycles. The SMILES string of the molecule is O=C(O)C(Cc1ccccc1)NC(=O)N1CCS(=O)CC1. The van der Waals surface area contributed by atoms with Gasteiger partial charge < -0.3 is 15.3 Å². The quantitative estimate of drug-likeness (QED) is 0.846. The van der Waals surface area contributed by atoms with Crippen molar-refractivity contribution in [2.45, 2.75) is 12.5 Å². The topological polar surface area (TPSA) is 86.7 Å². The number of hydrogen-bond acceptors (Lipinski definition) is 3. The Balaban J connectivity index is 1.95. The summed E-state index contributed by atoms with van der Waals surface area (Å²) in [4.78, 5) is 24.9. The van der Waals surface area contributed by atoms with E-state index in [1.165, 1.54) is 4.90 Å². The molecular formula is C14H18N2O4S. The molecule has 1 atom stereocenters. The van der Waals surface area contributed by atoms with Crippen molar-refractivity contribution in [1.29, 1.82) is 0 Å². The number of rotatable bonds is 4. The predicted octanol–water partition coefficient (Wildman–Crippen LogP) is 0.456. The monoisotopic (exact) mass is 310 g/mol. The molecule has 0 spiro atoms. The van der Waals surface area contributed by atoms with Crippen LogP contribution >= 0.6 is 0 Å². The highest BCUT2D eigenvalue weighted by atomic mass is 32.2. The summed E-state index contributed by atoms with van der Waals surface area (Å²) < 4.78 is 11.3. The van der Waals surface area contributed by atoms with Crippen LogP contribution in [0.15, 0.2) is 30.3 Å². The fourth-order valence-electron chi connectivity index (χ4n) is 2.13. The molecular weight excluding hydrogens is 292 g/mol. The molecule has 1 unspecified atom stereocenters. The van der Waals surface area contributed by atoms with E-state index in [-0.39, 0.29) is 6.42 Å². The van der Waals surface area contributed by atoms with E-state index in [2.05, 4.69) is 5.32 Å². The average molecular weight is 310 g/mol. The van der Waals surface area contributed by atoms with Gasteiger partial charge in [-0.15, -0.1) is 0 Å². The third kappa shape index (κ3) is 4.56. The number of urea groups is 1. The number of hydrogen-bond donors (Lipinski definition) is 2. The van der Waals surface area contributed by atoms with E-state index in [1.54, 1.807) is 0 Å². The maximum Gasteiger partial charge on any atom is 0.326 e. The first-order chi connectivity index (χ1) is 10.1. The average Bonchev–Trinajstić information content (AvgIpc) is 2.48. The molecule has 114 valence electrons. The molecule has 0 aliphatic carbocycles. The Hall–Kier alpha value is -1.89. The predicted molar refractivity (Wildman–Crippen MR) is 79.6 cm³/mol. The number of carbonyl (C=O) groups excluding carboxylic acids is 1. The maximum atomic E-state index is 12.1. The van der Waals surface area contributed by atoms with Gasteiger partial charge in [0.25, 0.3) is 0 Å². The number of carbonyl (C=O) groups is 2. The van der Waals surface area contributed by atoms with Gasteiger partial charge in [-0.3, -0.25) is 4.21 Å². The molecule has 6 nitrogen and oxygen atoms in total. The lowest BCUT2D eigenvalue weighted by molar-refractivity contribution is -0.139. The van der Waals surface area contributed by atoms with Crippen molar-refractivity contribution in [1.82, 2.24) is 10.2 Å². The summed E-state index contributed by atoms with van der Waals surface area (Å²) in [7, 11) is -0.868. The molecule has 1 saturated heterocycles. The molecule has 7 heteroatoms. The van der Waals surface area contributed by atoms with Crippen molar-refractivity contribution in [3.05, 3.63) is 35.9 Å². The van der Waals surface area contributed by atoms with Gasteiger partial charge in [-0.05, 0) is 5.56 Å². The van der Waals surface area contributed by atoms with Crippen LogP contribution in [0.3, 0.4) is 0 Å². The first-order valence-corrected chi connectivity index (χ1v) is 8.22. The minimum atomic E-state index is -1.06. The van der Waals surface area contributed by atoms with Crippen LogP contribution in [0.4, 0.5) is 4.79 Å². The molecule has 2 amide bonds. The van der Waals surface area contributed by atoms with E-state index in [1.807, 2.05) is 30.3 Å². The normalized spacial score (nSPS) is 17.2. The molecule has 0 bridgehead atoms. The lowest BCUT2D eigenvalue weighted by Gasteiger charge is -2.28. The molecule has 1 heterocycles. The van der Waals surface area contributed by atoms with E-state index in [0.717, 1.165) is 5.56 Å². The minimum Gasteiger partial charge on any atom is -0.480 e. The molecule has 0 saturated carbocycles. The van der Waals surface area contributed by atoms with Gasteiger partial charge in [0.2, 0.25) is 0 Å². The van der Waals surface area contributed by atoms with Crippen LogP contribution in [0.5, 0.6) is 0 Å². The Bertz CT molecular complexity index is 525. The Kier molecular flexibility index (Phi) is 5.32. The Morgan fingerprint density at radius 2 is 1.86 bits per heavy atom. The zero-order valence-corrected chi connectivity index (χ0v) is 12.3. The maximum absolute atomic E-state index is 12.1. The molecule has 21 heavy (non-hydrogen) atoms. The van der Waals surface area contributed by atoms with Crippen molar-refractivity contribution in [2.24, 2.45) is 0 Å². The molecule has 1 aromatic rings. The van der Waals surface area contributed by atoms with E-state index in [9.17, 15) is 18.9 Å². The Morgan fingerprint density at radius 3 is 2.43 bits per heavy atom. The number of carboxylic acid groups (broad SMARTS) is 1.